The van der Waals surface area contributed by atoms with E-state index in [4.69, 9.17) is 28.2 Å². The van der Waals surface area contributed by atoms with Crippen molar-refractivity contribution in [3.63, 3.8) is 0 Å². The van der Waals surface area contributed by atoms with Gasteiger partial charge >= 0.3 is 0 Å². The summed E-state index contributed by atoms with van der Waals surface area (Å²) in [6.45, 7) is 10.5. The maximum Gasteiger partial charge on any atom is 0.138 e. The lowest BCUT2D eigenvalue weighted by Crippen LogP contribution is -2.19. The first kappa shape index (κ1) is 19.5. The van der Waals surface area contributed by atoms with Crippen LogP contribution in [-0.4, -0.2) is 9.38 Å². The zero-order valence-electron chi connectivity index (χ0n) is 16.2. The van der Waals surface area contributed by atoms with Crippen molar-refractivity contribution >= 4 is 50.3 Å². The fourth-order valence-electron chi connectivity index (χ4n) is 3.91. The molecule has 0 saturated carbocycles. The van der Waals surface area contributed by atoms with Crippen molar-refractivity contribution in [1.82, 2.24) is 9.38 Å². The molecule has 0 fully saturated rings. The van der Waals surface area contributed by atoms with Crippen molar-refractivity contribution in [1.29, 1.82) is 0 Å². The molecule has 0 bridgehead atoms. The summed E-state index contributed by atoms with van der Waals surface area (Å²) >= 11 is 14.4. The first-order valence-electron chi connectivity index (χ1n) is 9.25. The maximum atomic E-state index is 6.35. The molecule has 0 radical (unpaired) electrons. The van der Waals surface area contributed by atoms with Gasteiger partial charge in [-0.3, -0.25) is 0 Å². The molecule has 0 aliphatic rings. The summed E-state index contributed by atoms with van der Waals surface area (Å²) in [7, 11) is 0. The number of thiophene rings is 1. The Balaban J connectivity index is 1.95. The summed E-state index contributed by atoms with van der Waals surface area (Å²) in [6, 6.07) is 8.32. The molecule has 28 heavy (non-hydrogen) atoms. The Morgan fingerprint density at radius 3 is 2.79 bits per heavy atom. The minimum atomic E-state index is -0.136. The number of rotatable bonds is 5. The van der Waals surface area contributed by atoms with E-state index in [1.54, 1.807) is 11.3 Å². The van der Waals surface area contributed by atoms with Crippen LogP contribution in [0.5, 0.6) is 0 Å². The molecule has 0 atom stereocenters. The molecule has 3 heterocycles. The lowest BCUT2D eigenvalue weighted by Gasteiger charge is -2.22. The largest absolute Gasteiger partial charge is 0.302 e. The van der Waals surface area contributed by atoms with Crippen molar-refractivity contribution in [2.24, 2.45) is 0 Å². The first-order chi connectivity index (χ1) is 13.3. The molecule has 0 aliphatic heterocycles. The van der Waals surface area contributed by atoms with Crippen LogP contribution in [0.2, 0.25) is 10.0 Å². The summed E-state index contributed by atoms with van der Waals surface area (Å²) in [5, 5.41) is 4.66. The van der Waals surface area contributed by atoms with Gasteiger partial charge in [0.1, 0.15) is 5.65 Å². The molecule has 5 heteroatoms. The van der Waals surface area contributed by atoms with Gasteiger partial charge in [0.05, 0.1) is 21.4 Å². The lowest BCUT2D eigenvalue weighted by atomic mass is 9.83. The van der Waals surface area contributed by atoms with E-state index in [0.29, 0.717) is 10.0 Å². The second-order valence-electron chi connectivity index (χ2n) is 7.87. The molecule has 0 spiro atoms. The molecule has 0 N–H and O–H groups in total. The lowest BCUT2D eigenvalue weighted by molar-refractivity contribution is 0.514. The molecule has 144 valence electrons. The highest BCUT2D eigenvalue weighted by Crippen LogP contribution is 2.36. The van der Waals surface area contributed by atoms with E-state index in [1.807, 2.05) is 18.3 Å². The van der Waals surface area contributed by atoms with Gasteiger partial charge in [-0.15, -0.1) is 17.9 Å². The molecular weight excluding hydrogens is 407 g/mol. The quantitative estimate of drug-likeness (QED) is 0.299. The van der Waals surface area contributed by atoms with E-state index < -0.39 is 0 Å². The monoisotopic (exact) mass is 428 g/mol. The van der Waals surface area contributed by atoms with Gasteiger partial charge in [0.2, 0.25) is 0 Å². The number of pyridine rings is 1. The number of hydrogen-bond acceptors (Lipinski definition) is 2. The van der Waals surface area contributed by atoms with Crippen molar-refractivity contribution in [3.05, 3.63) is 81.1 Å². The van der Waals surface area contributed by atoms with E-state index in [0.717, 1.165) is 29.9 Å². The fourth-order valence-corrected chi connectivity index (χ4v) is 5.25. The van der Waals surface area contributed by atoms with Crippen molar-refractivity contribution in [3.8, 4) is 0 Å². The third-order valence-corrected chi connectivity index (χ3v) is 7.01. The van der Waals surface area contributed by atoms with Crippen LogP contribution in [0.1, 0.15) is 42.8 Å². The third kappa shape index (κ3) is 3.26. The topological polar surface area (TPSA) is 17.3 Å². The van der Waals surface area contributed by atoms with Crippen LogP contribution >= 0.6 is 34.5 Å². The molecule has 0 saturated heterocycles. The molecule has 3 aromatic heterocycles. The van der Waals surface area contributed by atoms with E-state index in [-0.39, 0.29) is 5.41 Å². The number of benzene rings is 1. The van der Waals surface area contributed by atoms with Gasteiger partial charge in [-0.1, -0.05) is 55.3 Å². The van der Waals surface area contributed by atoms with Gasteiger partial charge in [0.15, 0.2) is 0 Å². The standard InChI is InChI=1S/C23H22Cl2N2S/c1-5-9-23(3,4)22-18(27-12-17(25)16(24)11-20(27)26-22)10-15-13-28-19-8-6-7-14(2)21(15)19/h5-8,11-13H,1,9-10H2,2-4H3. The highest BCUT2D eigenvalue weighted by molar-refractivity contribution is 7.17. The Hall–Kier alpha value is -1.81. The molecule has 1 aromatic carbocycles. The van der Waals surface area contributed by atoms with Gasteiger partial charge in [-0.25, -0.2) is 4.98 Å². The Kier molecular flexibility index (Phi) is 5.03. The van der Waals surface area contributed by atoms with Crippen molar-refractivity contribution in [2.75, 3.05) is 0 Å². The zero-order chi connectivity index (χ0) is 20.1. The smallest absolute Gasteiger partial charge is 0.138 e. The Morgan fingerprint density at radius 1 is 1.25 bits per heavy atom. The number of fused-ring (bicyclic) bond motifs is 2. The average Bonchev–Trinajstić information content (AvgIpc) is 3.19. The Bertz CT molecular complexity index is 1200. The van der Waals surface area contributed by atoms with Crippen LogP contribution in [0.15, 0.2) is 48.5 Å². The van der Waals surface area contributed by atoms with Crippen molar-refractivity contribution in [2.45, 2.75) is 39.0 Å². The molecule has 0 amide bonds. The molecule has 4 aromatic rings. The summed E-state index contributed by atoms with van der Waals surface area (Å²) in [6.07, 6.45) is 5.48. The van der Waals surface area contributed by atoms with Gasteiger partial charge in [0, 0.05) is 28.8 Å². The highest BCUT2D eigenvalue weighted by Gasteiger charge is 2.28. The molecule has 4 rings (SSSR count). The number of imidazole rings is 1. The number of aryl methyl sites for hydroxylation is 1. The second kappa shape index (κ2) is 7.22. The van der Waals surface area contributed by atoms with Gasteiger partial charge in [0.25, 0.3) is 0 Å². The van der Waals surface area contributed by atoms with Gasteiger partial charge in [-0.05, 0) is 41.3 Å². The van der Waals surface area contributed by atoms with Crippen LogP contribution in [0.25, 0.3) is 15.7 Å². The first-order valence-corrected chi connectivity index (χ1v) is 10.9. The van der Waals surface area contributed by atoms with Crippen LogP contribution in [0.3, 0.4) is 0 Å². The molecular formula is C23H22Cl2N2S. The number of allylic oxidation sites excluding steroid dienone is 1. The number of halogens is 2. The predicted octanol–water partition coefficient (Wildman–Crippen LogP) is 7.61. The number of aromatic nitrogens is 2. The zero-order valence-corrected chi connectivity index (χ0v) is 18.5. The maximum absolute atomic E-state index is 6.35. The van der Waals surface area contributed by atoms with Crippen LogP contribution in [0, 0.1) is 6.92 Å². The molecule has 2 nitrogen and oxygen atoms in total. The average molecular weight is 429 g/mol. The minimum absolute atomic E-state index is 0.136. The van der Waals surface area contributed by atoms with E-state index in [2.05, 4.69) is 55.3 Å². The Labute approximate surface area is 179 Å². The van der Waals surface area contributed by atoms with E-state index in [9.17, 15) is 0 Å². The SMILES string of the molecule is C=CCC(C)(C)c1nc2cc(Cl)c(Cl)cn2c1Cc1csc2cccc(C)c12. The Morgan fingerprint density at radius 2 is 2.04 bits per heavy atom. The number of nitrogens with zero attached hydrogens (tertiary/aromatic N) is 2. The summed E-state index contributed by atoms with van der Waals surface area (Å²) in [5.41, 5.74) is 5.54. The van der Waals surface area contributed by atoms with E-state index in [1.165, 1.54) is 21.2 Å². The normalized spacial score (nSPS) is 12.2. The molecule has 0 unspecified atom stereocenters. The van der Waals surface area contributed by atoms with Crippen LogP contribution < -0.4 is 0 Å². The van der Waals surface area contributed by atoms with Crippen molar-refractivity contribution < 1.29 is 0 Å². The summed E-state index contributed by atoms with van der Waals surface area (Å²) < 4.78 is 3.41. The predicted molar refractivity (Wildman–Crippen MR) is 122 cm³/mol. The number of hydrogen-bond donors (Lipinski definition) is 0. The van der Waals surface area contributed by atoms with E-state index >= 15 is 0 Å². The van der Waals surface area contributed by atoms with Crippen LogP contribution in [-0.2, 0) is 11.8 Å². The summed E-state index contributed by atoms with van der Waals surface area (Å²) in [5.74, 6) is 0. The summed E-state index contributed by atoms with van der Waals surface area (Å²) in [4.78, 5) is 4.96. The second-order valence-corrected chi connectivity index (χ2v) is 9.59. The third-order valence-electron chi connectivity index (χ3n) is 5.30. The highest BCUT2D eigenvalue weighted by atomic mass is 35.5. The van der Waals surface area contributed by atoms with Gasteiger partial charge < -0.3 is 4.40 Å². The fraction of sp³-hybridized carbons (Fsp3) is 0.261. The van der Waals surface area contributed by atoms with Gasteiger partial charge in [-0.2, -0.15) is 0 Å². The molecule has 0 aliphatic carbocycles. The minimum Gasteiger partial charge on any atom is -0.302 e. The van der Waals surface area contributed by atoms with Crippen LogP contribution in [0.4, 0.5) is 0 Å².